The minimum atomic E-state index is 0.0200. The Labute approximate surface area is 155 Å². The lowest BCUT2D eigenvalue weighted by Gasteiger charge is -2.24. The van der Waals surface area contributed by atoms with E-state index in [2.05, 4.69) is 99.8 Å². The molecule has 0 amide bonds. The van der Waals surface area contributed by atoms with Crippen LogP contribution in [0.3, 0.4) is 0 Å². The number of fused-ring (bicyclic) bond motifs is 1. The first-order valence-electron chi connectivity index (χ1n) is 8.36. The molecule has 2 heterocycles. The first-order chi connectivity index (χ1) is 12.1. The summed E-state index contributed by atoms with van der Waals surface area (Å²) in [7, 11) is 0. The molecule has 2 aromatic carbocycles. The van der Waals surface area contributed by atoms with Crippen LogP contribution in [0.5, 0.6) is 0 Å². The van der Waals surface area contributed by atoms with Gasteiger partial charge in [-0.25, -0.2) is 4.68 Å². The van der Waals surface area contributed by atoms with Crippen LogP contribution in [-0.4, -0.2) is 14.8 Å². The second kappa shape index (κ2) is 6.48. The van der Waals surface area contributed by atoms with Crippen molar-refractivity contribution in [1.82, 2.24) is 14.8 Å². The van der Waals surface area contributed by atoms with E-state index in [1.165, 1.54) is 11.1 Å². The van der Waals surface area contributed by atoms with Gasteiger partial charge < -0.3 is 5.32 Å². The summed E-state index contributed by atoms with van der Waals surface area (Å²) in [6, 6.07) is 17.1. The van der Waals surface area contributed by atoms with Gasteiger partial charge in [0, 0.05) is 10.2 Å². The number of nitrogens with one attached hydrogen (secondary N) is 1. The van der Waals surface area contributed by atoms with Crippen LogP contribution in [0.15, 0.2) is 65.4 Å². The van der Waals surface area contributed by atoms with E-state index in [0.29, 0.717) is 5.92 Å². The molecule has 0 bridgehead atoms. The third kappa shape index (κ3) is 3.12. The topological polar surface area (TPSA) is 42.7 Å². The molecule has 0 spiro atoms. The van der Waals surface area contributed by atoms with E-state index < -0.39 is 0 Å². The van der Waals surface area contributed by atoms with Crippen molar-refractivity contribution in [3.63, 3.8) is 0 Å². The molecule has 1 atom stereocenters. The number of rotatable bonds is 3. The summed E-state index contributed by atoms with van der Waals surface area (Å²) in [4.78, 5) is 4.36. The summed E-state index contributed by atoms with van der Waals surface area (Å²) in [5, 5.41) is 7.78. The fourth-order valence-electron chi connectivity index (χ4n) is 3.05. The van der Waals surface area contributed by atoms with Crippen LogP contribution in [0.4, 0.5) is 5.95 Å². The highest BCUT2D eigenvalue weighted by atomic mass is 79.9. The Kier molecular flexibility index (Phi) is 4.17. The molecule has 0 saturated heterocycles. The number of hydrogen-bond acceptors (Lipinski definition) is 3. The van der Waals surface area contributed by atoms with Gasteiger partial charge in [0.25, 0.3) is 0 Å². The zero-order valence-electron chi connectivity index (χ0n) is 14.1. The summed E-state index contributed by atoms with van der Waals surface area (Å²) in [5.74, 6) is 1.29. The minimum Gasteiger partial charge on any atom is -0.324 e. The van der Waals surface area contributed by atoms with Gasteiger partial charge in [-0.1, -0.05) is 66.2 Å². The van der Waals surface area contributed by atoms with Crippen LogP contribution in [-0.2, 0) is 0 Å². The van der Waals surface area contributed by atoms with Gasteiger partial charge in [0.15, 0.2) is 0 Å². The molecule has 0 saturated carbocycles. The predicted octanol–water partition coefficient (Wildman–Crippen LogP) is 5.22. The fourth-order valence-corrected chi connectivity index (χ4v) is 3.31. The Balaban J connectivity index is 1.74. The van der Waals surface area contributed by atoms with Gasteiger partial charge >= 0.3 is 0 Å². The molecule has 1 aromatic heterocycles. The lowest BCUT2D eigenvalue weighted by Crippen LogP contribution is -2.20. The zero-order chi connectivity index (χ0) is 17.4. The lowest BCUT2D eigenvalue weighted by molar-refractivity contribution is 0.612. The van der Waals surface area contributed by atoms with E-state index >= 15 is 0 Å². The van der Waals surface area contributed by atoms with Crippen molar-refractivity contribution in [1.29, 1.82) is 0 Å². The van der Waals surface area contributed by atoms with E-state index in [4.69, 9.17) is 0 Å². The third-order valence-corrected chi connectivity index (χ3v) is 5.04. The van der Waals surface area contributed by atoms with Crippen LogP contribution in [0.1, 0.15) is 42.5 Å². The molecule has 5 heteroatoms. The Morgan fingerprint density at radius 2 is 1.76 bits per heavy atom. The second-order valence-electron chi connectivity index (χ2n) is 6.51. The van der Waals surface area contributed by atoms with Gasteiger partial charge in [0.05, 0.1) is 0 Å². The molecular formula is C20H19BrN4. The summed E-state index contributed by atoms with van der Waals surface area (Å²) in [6.07, 6.45) is 3.79. The summed E-state index contributed by atoms with van der Waals surface area (Å²) in [6.45, 7) is 4.42. The molecule has 1 N–H and O–H groups in total. The molecule has 0 unspecified atom stereocenters. The molecule has 25 heavy (non-hydrogen) atoms. The van der Waals surface area contributed by atoms with Crippen LogP contribution in [0.2, 0.25) is 0 Å². The van der Waals surface area contributed by atoms with Gasteiger partial charge in [-0.2, -0.15) is 10.1 Å². The van der Waals surface area contributed by atoms with Crippen molar-refractivity contribution in [3.8, 4) is 0 Å². The van der Waals surface area contributed by atoms with Crippen molar-refractivity contribution in [2.75, 3.05) is 5.32 Å². The van der Waals surface area contributed by atoms with Crippen LogP contribution in [0.25, 0.3) is 5.70 Å². The normalized spacial score (nSPS) is 16.3. The van der Waals surface area contributed by atoms with Crippen molar-refractivity contribution < 1.29 is 0 Å². The molecule has 3 aromatic rings. The Hall–Kier alpha value is -2.40. The molecule has 0 fully saturated rings. The van der Waals surface area contributed by atoms with Crippen LogP contribution < -0.4 is 5.32 Å². The largest absolute Gasteiger partial charge is 0.324 e. The monoisotopic (exact) mass is 394 g/mol. The van der Waals surface area contributed by atoms with Gasteiger partial charge in [0.1, 0.15) is 12.4 Å². The first-order valence-corrected chi connectivity index (χ1v) is 9.15. The van der Waals surface area contributed by atoms with E-state index in [1.54, 1.807) is 6.33 Å². The van der Waals surface area contributed by atoms with Crippen molar-refractivity contribution in [2.45, 2.75) is 25.8 Å². The Morgan fingerprint density at radius 1 is 1.04 bits per heavy atom. The van der Waals surface area contributed by atoms with E-state index in [1.807, 2.05) is 4.68 Å². The maximum atomic E-state index is 4.39. The number of halogens is 1. The molecule has 0 aliphatic carbocycles. The first kappa shape index (κ1) is 16.1. The van der Waals surface area contributed by atoms with Crippen LogP contribution in [0, 0.1) is 0 Å². The molecule has 4 nitrogen and oxygen atoms in total. The van der Waals surface area contributed by atoms with Gasteiger partial charge in [-0.15, -0.1) is 0 Å². The standard InChI is InChI=1S/C20H19BrN4/c1-13(2)14-3-5-15(6-4-14)18-11-19(16-7-9-17(21)10-8-16)25-20(24-18)22-12-23-25/h3-13,19H,1-2H3,(H,22,23,24)/t19-/m0/s1. The quantitative estimate of drug-likeness (QED) is 0.661. The number of aromatic nitrogens is 3. The fraction of sp³-hybridized carbons (Fsp3) is 0.200. The second-order valence-corrected chi connectivity index (χ2v) is 7.42. The maximum Gasteiger partial charge on any atom is 0.226 e. The van der Waals surface area contributed by atoms with Gasteiger partial charge in [-0.3, -0.25) is 0 Å². The average Bonchev–Trinajstić information content (AvgIpc) is 3.10. The number of benzene rings is 2. The zero-order valence-corrected chi connectivity index (χ0v) is 15.7. The number of allylic oxidation sites excluding steroid dienone is 1. The smallest absolute Gasteiger partial charge is 0.226 e. The molecule has 4 rings (SSSR count). The predicted molar refractivity (Wildman–Crippen MR) is 104 cm³/mol. The van der Waals surface area contributed by atoms with E-state index in [9.17, 15) is 0 Å². The summed E-state index contributed by atoms with van der Waals surface area (Å²) in [5.41, 5.74) is 4.73. The molecular weight excluding hydrogens is 376 g/mol. The maximum absolute atomic E-state index is 4.39. The van der Waals surface area contributed by atoms with Crippen LogP contribution >= 0.6 is 15.9 Å². The summed E-state index contributed by atoms with van der Waals surface area (Å²) >= 11 is 3.50. The number of nitrogens with zero attached hydrogens (tertiary/aromatic N) is 3. The average molecular weight is 395 g/mol. The number of anilines is 1. The third-order valence-electron chi connectivity index (χ3n) is 4.51. The summed E-state index contributed by atoms with van der Waals surface area (Å²) < 4.78 is 2.98. The highest BCUT2D eigenvalue weighted by Crippen LogP contribution is 2.32. The van der Waals surface area contributed by atoms with Crippen molar-refractivity contribution in [2.24, 2.45) is 0 Å². The molecule has 0 radical (unpaired) electrons. The van der Waals surface area contributed by atoms with E-state index in [0.717, 1.165) is 21.7 Å². The number of hydrogen-bond donors (Lipinski definition) is 1. The van der Waals surface area contributed by atoms with Gasteiger partial charge in [0.2, 0.25) is 5.95 Å². The van der Waals surface area contributed by atoms with Gasteiger partial charge in [-0.05, 0) is 40.8 Å². The Bertz CT molecular complexity index is 908. The highest BCUT2D eigenvalue weighted by Gasteiger charge is 2.23. The minimum absolute atomic E-state index is 0.0200. The lowest BCUT2D eigenvalue weighted by atomic mass is 9.98. The SMILES string of the molecule is CC(C)c1ccc(C2=C[C@@H](c3ccc(Br)cc3)n3ncnc3N2)cc1. The van der Waals surface area contributed by atoms with E-state index in [-0.39, 0.29) is 6.04 Å². The van der Waals surface area contributed by atoms with Crippen molar-refractivity contribution >= 4 is 27.6 Å². The molecule has 126 valence electrons. The molecule has 1 aliphatic rings. The highest BCUT2D eigenvalue weighted by molar-refractivity contribution is 9.10. The Morgan fingerprint density at radius 3 is 2.44 bits per heavy atom. The molecule has 1 aliphatic heterocycles. The van der Waals surface area contributed by atoms with Crippen molar-refractivity contribution in [3.05, 3.63) is 82.1 Å².